The van der Waals surface area contributed by atoms with Gasteiger partial charge in [-0.2, -0.15) is 8.42 Å². The van der Waals surface area contributed by atoms with Crippen molar-refractivity contribution >= 4 is 16.0 Å². The van der Waals surface area contributed by atoms with Crippen LogP contribution in [-0.2, 0) is 14.9 Å². The fourth-order valence-electron chi connectivity index (χ4n) is 2.26. The maximum Gasteiger partial charge on any atom is 0.264 e. The van der Waals surface area contributed by atoms with E-state index in [4.69, 9.17) is 10.3 Å². The van der Waals surface area contributed by atoms with Gasteiger partial charge in [-0.05, 0) is 25.8 Å². The minimum absolute atomic E-state index is 0.0441. The van der Waals surface area contributed by atoms with Gasteiger partial charge in [0.15, 0.2) is 0 Å². The van der Waals surface area contributed by atoms with Crippen LogP contribution in [-0.4, -0.2) is 37.2 Å². The zero-order chi connectivity index (χ0) is 12.9. The summed E-state index contributed by atoms with van der Waals surface area (Å²) in [5, 5.41) is 3.15. The molecule has 4 N–H and O–H groups in total. The number of primary amides is 1. The number of rotatable bonds is 6. The van der Waals surface area contributed by atoms with E-state index in [-0.39, 0.29) is 23.6 Å². The maximum atomic E-state index is 11.2. The van der Waals surface area contributed by atoms with Crippen LogP contribution >= 0.6 is 0 Å². The van der Waals surface area contributed by atoms with Crippen molar-refractivity contribution in [1.29, 1.82) is 0 Å². The van der Waals surface area contributed by atoms with E-state index in [2.05, 4.69) is 5.32 Å². The van der Waals surface area contributed by atoms with Crippen LogP contribution < -0.4 is 11.1 Å². The van der Waals surface area contributed by atoms with Crippen molar-refractivity contribution in [2.24, 2.45) is 11.7 Å². The molecule has 0 saturated heterocycles. The Bertz CT molecular complexity index is 355. The highest BCUT2D eigenvalue weighted by Crippen LogP contribution is 2.24. The molecule has 1 rings (SSSR count). The topological polar surface area (TPSA) is 109 Å². The minimum Gasteiger partial charge on any atom is -0.369 e. The van der Waals surface area contributed by atoms with Crippen LogP contribution in [0.15, 0.2) is 0 Å². The fourth-order valence-corrected chi connectivity index (χ4v) is 2.77. The predicted molar refractivity (Wildman–Crippen MR) is 64.0 cm³/mol. The quantitative estimate of drug-likeness (QED) is 0.458. The van der Waals surface area contributed by atoms with Crippen molar-refractivity contribution in [2.45, 2.75) is 38.1 Å². The first-order valence-electron chi connectivity index (χ1n) is 5.88. The van der Waals surface area contributed by atoms with E-state index < -0.39 is 10.1 Å². The first kappa shape index (κ1) is 14.4. The van der Waals surface area contributed by atoms with Gasteiger partial charge in [-0.1, -0.05) is 12.8 Å². The molecule has 1 amide bonds. The van der Waals surface area contributed by atoms with Crippen molar-refractivity contribution in [3.63, 3.8) is 0 Å². The number of nitrogens with one attached hydrogen (secondary N) is 1. The van der Waals surface area contributed by atoms with E-state index in [9.17, 15) is 13.2 Å². The monoisotopic (exact) mass is 264 g/mol. The summed E-state index contributed by atoms with van der Waals surface area (Å²) in [6.45, 7) is 0.467. The number of hydrogen-bond acceptors (Lipinski definition) is 4. The van der Waals surface area contributed by atoms with Gasteiger partial charge in [-0.3, -0.25) is 9.35 Å². The standard InChI is InChI=1S/C10H20N2O4S/c11-10(13)8-4-1-2-5-9(8)12-6-3-7-17(14,15)16/h8-9,12H,1-7H2,(H2,11,13)(H,14,15,16). The summed E-state index contributed by atoms with van der Waals surface area (Å²) < 4.78 is 29.6. The molecule has 1 saturated carbocycles. The molecule has 0 radical (unpaired) electrons. The van der Waals surface area contributed by atoms with Gasteiger partial charge in [0.25, 0.3) is 10.1 Å². The third-order valence-corrected chi connectivity index (χ3v) is 3.92. The molecule has 1 aliphatic carbocycles. The second-order valence-corrected chi connectivity index (χ2v) is 6.07. The third kappa shape index (κ3) is 5.47. The summed E-state index contributed by atoms with van der Waals surface area (Å²) in [7, 11) is -3.89. The summed E-state index contributed by atoms with van der Waals surface area (Å²) in [4.78, 5) is 11.2. The van der Waals surface area contributed by atoms with Crippen LogP contribution in [0.2, 0.25) is 0 Å². The molecule has 0 bridgehead atoms. The molecule has 17 heavy (non-hydrogen) atoms. The summed E-state index contributed by atoms with van der Waals surface area (Å²) in [5.74, 6) is -0.708. The van der Waals surface area contributed by atoms with Gasteiger partial charge >= 0.3 is 0 Å². The highest BCUT2D eigenvalue weighted by Gasteiger charge is 2.28. The van der Waals surface area contributed by atoms with Gasteiger partial charge in [0, 0.05) is 6.04 Å². The van der Waals surface area contributed by atoms with Crippen molar-refractivity contribution in [3.8, 4) is 0 Å². The molecule has 0 aromatic heterocycles. The zero-order valence-corrected chi connectivity index (χ0v) is 10.6. The molecule has 0 spiro atoms. The normalized spacial score (nSPS) is 25.7. The number of carbonyl (C=O) groups is 1. The van der Waals surface area contributed by atoms with E-state index in [1.807, 2.05) is 0 Å². The van der Waals surface area contributed by atoms with Gasteiger partial charge in [-0.15, -0.1) is 0 Å². The molecule has 0 aromatic carbocycles. The molecule has 0 heterocycles. The van der Waals surface area contributed by atoms with Crippen LogP contribution in [0.3, 0.4) is 0 Å². The first-order chi connectivity index (χ1) is 7.90. The van der Waals surface area contributed by atoms with Crippen LogP contribution in [0.4, 0.5) is 0 Å². The molecule has 6 nitrogen and oxygen atoms in total. The number of amides is 1. The Morgan fingerprint density at radius 1 is 1.35 bits per heavy atom. The van der Waals surface area contributed by atoms with E-state index in [1.165, 1.54) is 0 Å². The van der Waals surface area contributed by atoms with E-state index in [1.54, 1.807) is 0 Å². The molecular weight excluding hydrogens is 244 g/mol. The van der Waals surface area contributed by atoms with Crippen LogP contribution in [0.1, 0.15) is 32.1 Å². The zero-order valence-electron chi connectivity index (χ0n) is 9.76. The molecule has 1 fully saturated rings. The van der Waals surface area contributed by atoms with Crippen LogP contribution in [0, 0.1) is 5.92 Å². The van der Waals surface area contributed by atoms with Crippen molar-refractivity contribution in [2.75, 3.05) is 12.3 Å². The highest BCUT2D eigenvalue weighted by molar-refractivity contribution is 7.85. The number of carbonyl (C=O) groups excluding carboxylic acids is 1. The van der Waals surface area contributed by atoms with Crippen molar-refractivity contribution in [1.82, 2.24) is 5.32 Å². The molecule has 2 unspecified atom stereocenters. The van der Waals surface area contributed by atoms with Gasteiger partial charge in [0.05, 0.1) is 11.7 Å². The smallest absolute Gasteiger partial charge is 0.264 e. The van der Waals surface area contributed by atoms with Crippen molar-refractivity contribution in [3.05, 3.63) is 0 Å². The molecule has 0 aromatic rings. The Balaban J connectivity index is 2.31. The largest absolute Gasteiger partial charge is 0.369 e. The molecule has 1 aliphatic rings. The average molecular weight is 264 g/mol. The molecule has 7 heteroatoms. The molecule has 0 aliphatic heterocycles. The summed E-state index contributed by atoms with van der Waals surface area (Å²) >= 11 is 0. The predicted octanol–water partition coefficient (Wildman–Crippen LogP) is -0.102. The van der Waals surface area contributed by atoms with Crippen LogP contribution in [0.5, 0.6) is 0 Å². The van der Waals surface area contributed by atoms with E-state index in [0.717, 1.165) is 25.7 Å². The fraction of sp³-hybridized carbons (Fsp3) is 0.900. The van der Waals surface area contributed by atoms with Gasteiger partial charge in [0.2, 0.25) is 5.91 Å². The summed E-state index contributed by atoms with van der Waals surface area (Å²) in [6, 6.07) is 0.0441. The minimum atomic E-state index is -3.89. The van der Waals surface area contributed by atoms with Crippen LogP contribution in [0.25, 0.3) is 0 Å². The number of hydrogen-bond donors (Lipinski definition) is 3. The van der Waals surface area contributed by atoms with Gasteiger partial charge in [-0.25, -0.2) is 0 Å². The third-order valence-electron chi connectivity index (χ3n) is 3.12. The Labute approximate surface area is 102 Å². The second-order valence-electron chi connectivity index (χ2n) is 4.49. The van der Waals surface area contributed by atoms with Gasteiger partial charge < -0.3 is 11.1 Å². The average Bonchev–Trinajstić information content (AvgIpc) is 2.23. The Morgan fingerprint density at radius 2 is 2.00 bits per heavy atom. The summed E-state index contributed by atoms with van der Waals surface area (Å²) in [5.41, 5.74) is 5.32. The molecular formula is C10H20N2O4S. The number of nitrogens with two attached hydrogens (primary N) is 1. The highest BCUT2D eigenvalue weighted by atomic mass is 32.2. The second kappa shape index (κ2) is 6.32. The Hall–Kier alpha value is -0.660. The Morgan fingerprint density at radius 3 is 2.59 bits per heavy atom. The lowest BCUT2D eigenvalue weighted by Gasteiger charge is -2.30. The SMILES string of the molecule is NC(=O)C1CCCCC1NCCCS(=O)(=O)O. The lowest BCUT2D eigenvalue weighted by Crippen LogP contribution is -2.45. The van der Waals surface area contributed by atoms with E-state index >= 15 is 0 Å². The lowest BCUT2D eigenvalue weighted by molar-refractivity contribution is -0.123. The van der Waals surface area contributed by atoms with E-state index in [0.29, 0.717) is 13.0 Å². The lowest BCUT2D eigenvalue weighted by atomic mass is 9.84. The first-order valence-corrected chi connectivity index (χ1v) is 7.49. The maximum absolute atomic E-state index is 11.2. The summed E-state index contributed by atoms with van der Waals surface area (Å²) in [6.07, 6.45) is 4.09. The molecule has 100 valence electrons. The molecule has 2 atom stereocenters. The van der Waals surface area contributed by atoms with Crippen molar-refractivity contribution < 1.29 is 17.8 Å². The Kier molecular flexibility index (Phi) is 5.35. The van der Waals surface area contributed by atoms with Gasteiger partial charge in [0.1, 0.15) is 0 Å².